The van der Waals surface area contributed by atoms with Crippen molar-refractivity contribution >= 4 is 29.1 Å². The molecule has 2 amide bonds. The lowest BCUT2D eigenvalue weighted by Crippen LogP contribution is -2.63. The number of halogens is 6. The van der Waals surface area contributed by atoms with Gasteiger partial charge in [-0.3, -0.25) is 9.59 Å². The third kappa shape index (κ3) is 6.22. The number of amides is 2. The average molecular weight is 616 g/mol. The molecular weight excluding hydrogens is 581 g/mol. The molecule has 0 aliphatic carbocycles. The van der Waals surface area contributed by atoms with E-state index in [1.165, 1.54) is 23.1 Å². The van der Waals surface area contributed by atoms with Crippen LogP contribution in [-0.2, 0) is 10.4 Å². The maximum absolute atomic E-state index is 14.7. The van der Waals surface area contributed by atoms with Gasteiger partial charge in [-0.1, -0.05) is 41.9 Å². The smallest absolute Gasteiger partial charge is 0.371 e. The first-order valence-electron chi connectivity index (χ1n) is 13.9. The molecule has 2 saturated heterocycles. The average Bonchev–Trinajstić information content (AvgIpc) is 2.96. The minimum Gasteiger partial charge on any atom is -0.371 e. The summed E-state index contributed by atoms with van der Waals surface area (Å²) in [5.74, 6) is -6.91. The molecule has 1 unspecified atom stereocenters. The molecule has 2 aromatic rings. The molecular formula is C30H35ClF5N3O3. The highest BCUT2D eigenvalue weighted by atomic mass is 35.5. The topological polar surface area (TPSA) is 64.1 Å². The second kappa shape index (κ2) is 12.4. The van der Waals surface area contributed by atoms with Crippen molar-refractivity contribution in [2.24, 2.45) is 11.8 Å². The normalized spacial score (nSPS) is 19.0. The number of carbonyl (C=O) groups excluding carboxylic acids is 2. The third-order valence-electron chi connectivity index (χ3n) is 8.45. The monoisotopic (exact) mass is 615 g/mol. The lowest BCUT2D eigenvalue weighted by Gasteiger charge is -2.42. The standard InChI is InChI=1S/C30H35ClF5N3O3/c1-37(2)26(40)24-9-8-23(19-25(24)31)38-14-10-20(11-15-38)18-21-12-16-39(17-13-21)27(41)28(42,22-6-4-3-5-7-22)29(32,33)30(34,35)36/h3-9,19-21,42H,10-18H2,1-2H3. The maximum Gasteiger partial charge on any atom is 0.457 e. The van der Waals surface area contributed by atoms with Crippen LogP contribution in [0.1, 0.15) is 48.0 Å². The predicted molar refractivity (Wildman–Crippen MR) is 150 cm³/mol. The number of likely N-dealkylation sites (tertiary alicyclic amines) is 1. The summed E-state index contributed by atoms with van der Waals surface area (Å²) in [6.07, 6.45) is -2.57. The molecule has 2 fully saturated rings. The molecule has 4 rings (SSSR count). The zero-order chi connectivity index (χ0) is 30.9. The Labute approximate surface area is 247 Å². The minimum absolute atomic E-state index is 0.0120. The Morgan fingerprint density at radius 2 is 1.45 bits per heavy atom. The fraction of sp³-hybridized carbons (Fsp3) is 0.533. The van der Waals surface area contributed by atoms with E-state index in [-0.39, 0.29) is 24.9 Å². The molecule has 2 aromatic carbocycles. The van der Waals surface area contributed by atoms with Crippen molar-refractivity contribution in [3.05, 3.63) is 64.7 Å². The fourth-order valence-electron chi connectivity index (χ4n) is 5.94. The molecule has 0 bridgehead atoms. The van der Waals surface area contributed by atoms with Crippen LogP contribution in [0.15, 0.2) is 48.5 Å². The molecule has 2 aliphatic rings. The van der Waals surface area contributed by atoms with E-state index in [4.69, 9.17) is 11.6 Å². The molecule has 12 heteroatoms. The zero-order valence-corrected chi connectivity index (χ0v) is 24.3. The highest BCUT2D eigenvalue weighted by Gasteiger charge is 2.74. The molecule has 2 aliphatic heterocycles. The first-order valence-corrected chi connectivity index (χ1v) is 14.3. The van der Waals surface area contributed by atoms with E-state index < -0.39 is 29.2 Å². The van der Waals surface area contributed by atoms with Crippen LogP contribution in [0, 0.1) is 11.8 Å². The van der Waals surface area contributed by atoms with Crippen LogP contribution in [-0.4, -0.2) is 79.1 Å². The number of hydrogen-bond acceptors (Lipinski definition) is 4. The van der Waals surface area contributed by atoms with E-state index in [0.717, 1.165) is 55.1 Å². The van der Waals surface area contributed by atoms with Crippen molar-refractivity contribution in [2.75, 3.05) is 45.2 Å². The van der Waals surface area contributed by atoms with Crippen molar-refractivity contribution in [2.45, 2.75) is 49.8 Å². The van der Waals surface area contributed by atoms with Gasteiger partial charge in [0.05, 0.1) is 10.6 Å². The van der Waals surface area contributed by atoms with E-state index in [9.17, 15) is 36.6 Å². The molecule has 0 radical (unpaired) electrons. The number of anilines is 1. The van der Waals surface area contributed by atoms with Crippen LogP contribution in [0.5, 0.6) is 0 Å². The summed E-state index contributed by atoms with van der Waals surface area (Å²) in [6.45, 7) is 1.55. The summed E-state index contributed by atoms with van der Waals surface area (Å²) < 4.78 is 69.5. The molecule has 1 atom stereocenters. The molecule has 230 valence electrons. The summed E-state index contributed by atoms with van der Waals surface area (Å²) in [6, 6.07) is 11.0. The SMILES string of the molecule is CN(C)C(=O)c1ccc(N2CCC(CC3CCN(C(=O)C(O)(c4ccccc4)C(F)(F)C(F)(F)F)CC3)CC2)cc1Cl. The van der Waals surface area contributed by atoms with Crippen LogP contribution in [0.25, 0.3) is 0 Å². The van der Waals surface area contributed by atoms with Crippen molar-refractivity contribution < 1.29 is 36.6 Å². The first kappa shape index (κ1) is 32.0. The van der Waals surface area contributed by atoms with Crippen LogP contribution in [0.2, 0.25) is 5.02 Å². The van der Waals surface area contributed by atoms with Gasteiger partial charge in [0.2, 0.25) is 5.60 Å². The number of alkyl halides is 5. The molecule has 42 heavy (non-hydrogen) atoms. The van der Waals surface area contributed by atoms with Crippen LogP contribution in [0.3, 0.4) is 0 Å². The second-order valence-corrected chi connectivity index (χ2v) is 11.8. The molecule has 6 nitrogen and oxygen atoms in total. The summed E-state index contributed by atoms with van der Waals surface area (Å²) in [5, 5.41) is 11.2. The van der Waals surface area contributed by atoms with Crippen molar-refractivity contribution in [3.8, 4) is 0 Å². The van der Waals surface area contributed by atoms with Gasteiger partial charge in [0.25, 0.3) is 11.8 Å². The van der Waals surface area contributed by atoms with Crippen molar-refractivity contribution in [3.63, 3.8) is 0 Å². The zero-order valence-electron chi connectivity index (χ0n) is 23.5. The lowest BCUT2D eigenvalue weighted by atomic mass is 9.81. The number of hydrogen-bond donors (Lipinski definition) is 1. The minimum atomic E-state index is -6.13. The number of nitrogens with zero attached hydrogens (tertiary/aromatic N) is 3. The van der Waals surface area contributed by atoms with E-state index in [1.54, 1.807) is 26.2 Å². The number of carbonyl (C=O) groups is 2. The summed E-state index contributed by atoms with van der Waals surface area (Å²) in [5.41, 5.74) is -3.49. The number of piperidine rings is 2. The highest BCUT2D eigenvalue weighted by molar-refractivity contribution is 6.34. The molecule has 2 heterocycles. The first-order chi connectivity index (χ1) is 19.7. The second-order valence-electron chi connectivity index (χ2n) is 11.4. The van der Waals surface area contributed by atoms with E-state index in [0.29, 0.717) is 29.3 Å². The highest BCUT2D eigenvalue weighted by Crippen LogP contribution is 2.49. The summed E-state index contributed by atoms with van der Waals surface area (Å²) in [7, 11) is 3.33. The van der Waals surface area contributed by atoms with E-state index >= 15 is 0 Å². The number of aliphatic hydroxyl groups is 1. The lowest BCUT2D eigenvalue weighted by molar-refractivity contribution is -0.339. The van der Waals surface area contributed by atoms with Gasteiger partial charge < -0.3 is 19.8 Å². The summed E-state index contributed by atoms with van der Waals surface area (Å²) in [4.78, 5) is 30.0. The van der Waals surface area contributed by atoms with Gasteiger partial charge in [0, 0.05) is 46.0 Å². The third-order valence-corrected chi connectivity index (χ3v) is 8.76. The van der Waals surface area contributed by atoms with Gasteiger partial charge in [-0.05, 0) is 67.7 Å². The number of rotatable bonds is 7. The van der Waals surface area contributed by atoms with Crippen molar-refractivity contribution in [1.29, 1.82) is 0 Å². The fourth-order valence-corrected chi connectivity index (χ4v) is 6.19. The molecule has 0 aromatic heterocycles. The Hall–Kier alpha value is -2.92. The van der Waals surface area contributed by atoms with Gasteiger partial charge in [-0.25, -0.2) is 0 Å². The van der Waals surface area contributed by atoms with Crippen molar-refractivity contribution in [1.82, 2.24) is 9.80 Å². The Morgan fingerprint density at radius 1 is 0.905 bits per heavy atom. The van der Waals surface area contributed by atoms with Gasteiger partial charge in [-0.2, -0.15) is 22.0 Å². The Morgan fingerprint density at radius 3 is 1.95 bits per heavy atom. The number of benzene rings is 2. The van der Waals surface area contributed by atoms with Crippen LogP contribution < -0.4 is 4.90 Å². The summed E-state index contributed by atoms with van der Waals surface area (Å²) >= 11 is 6.37. The maximum atomic E-state index is 14.7. The van der Waals surface area contributed by atoms with Crippen LogP contribution >= 0.6 is 11.6 Å². The predicted octanol–water partition coefficient (Wildman–Crippen LogP) is 5.97. The molecule has 0 spiro atoms. The Kier molecular flexibility index (Phi) is 9.42. The quantitative estimate of drug-likeness (QED) is 0.390. The van der Waals surface area contributed by atoms with Crippen LogP contribution in [0.4, 0.5) is 27.6 Å². The molecule has 0 saturated carbocycles. The Bertz CT molecular complexity index is 1260. The van der Waals surface area contributed by atoms with E-state index in [2.05, 4.69) is 4.90 Å². The van der Waals surface area contributed by atoms with E-state index in [1.807, 2.05) is 6.07 Å². The largest absolute Gasteiger partial charge is 0.457 e. The van der Waals surface area contributed by atoms with Gasteiger partial charge in [0.15, 0.2) is 0 Å². The van der Waals surface area contributed by atoms with Gasteiger partial charge in [0.1, 0.15) is 0 Å². The van der Waals surface area contributed by atoms with Gasteiger partial charge in [-0.15, -0.1) is 0 Å². The Balaban J connectivity index is 1.34. The molecule has 1 N–H and O–H groups in total. The van der Waals surface area contributed by atoms with Gasteiger partial charge >= 0.3 is 12.1 Å².